The SMILES string of the molecule is CC(C)CN(Cc1cccc(C(=N)NC(=O)OC2CCN(C)CC2)c1)C(=O)Cc1ccc(-c2ccccc2S(N)(=O)=O)cc1. The van der Waals surface area contributed by atoms with Gasteiger partial charge in [-0.25, -0.2) is 18.4 Å². The number of piperidine rings is 1. The Morgan fingerprint density at radius 1 is 1.02 bits per heavy atom. The summed E-state index contributed by atoms with van der Waals surface area (Å²) < 4.78 is 29.6. The van der Waals surface area contributed by atoms with Gasteiger partial charge in [-0.2, -0.15) is 0 Å². The Bertz CT molecular complexity index is 1580. The van der Waals surface area contributed by atoms with Gasteiger partial charge >= 0.3 is 6.09 Å². The Kier molecular flexibility index (Phi) is 10.9. The van der Waals surface area contributed by atoms with Crippen LogP contribution < -0.4 is 10.5 Å². The third-order valence-corrected chi connectivity index (χ3v) is 8.48. The van der Waals surface area contributed by atoms with E-state index in [2.05, 4.69) is 10.2 Å². The van der Waals surface area contributed by atoms with Gasteiger partial charge in [-0.05, 0) is 54.6 Å². The van der Waals surface area contributed by atoms with E-state index in [1.165, 1.54) is 6.07 Å². The summed E-state index contributed by atoms with van der Waals surface area (Å²) in [6, 6.07) is 21.0. The van der Waals surface area contributed by atoms with E-state index in [9.17, 15) is 18.0 Å². The monoisotopic (exact) mass is 619 g/mol. The zero-order valence-electron chi connectivity index (χ0n) is 25.5. The van der Waals surface area contributed by atoms with Gasteiger partial charge in [0.1, 0.15) is 11.9 Å². The lowest BCUT2D eigenvalue weighted by Crippen LogP contribution is -2.39. The van der Waals surface area contributed by atoms with Crippen molar-refractivity contribution in [1.29, 1.82) is 5.41 Å². The standard InChI is InChI=1S/C33H41N5O5S/c1-23(2)21-38(31(39)20-24-11-13-26(14-12-24)29-9-4-5-10-30(29)44(35,41)42)22-25-7-6-8-27(19-25)32(34)36-33(40)43-28-15-17-37(3)18-16-28/h4-14,19,23,28H,15-18,20-22H2,1-3H3,(H2,34,36,40)(H2,35,41,42). The van der Waals surface area contributed by atoms with Gasteiger partial charge in [0.15, 0.2) is 0 Å². The lowest BCUT2D eigenvalue weighted by Gasteiger charge is -2.28. The van der Waals surface area contributed by atoms with Crippen molar-refractivity contribution in [3.05, 3.63) is 89.5 Å². The number of alkyl carbamates (subject to hydrolysis) is 1. The second-order valence-corrected chi connectivity index (χ2v) is 13.2. The lowest BCUT2D eigenvalue weighted by molar-refractivity contribution is -0.131. The number of amidine groups is 1. The summed E-state index contributed by atoms with van der Waals surface area (Å²) in [7, 11) is -1.85. The number of ether oxygens (including phenoxy) is 1. The van der Waals surface area contributed by atoms with E-state index >= 15 is 0 Å². The number of carbonyl (C=O) groups excluding carboxylic acids is 2. The zero-order chi connectivity index (χ0) is 31.9. The average Bonchev–Trinajstić information content (AvgIpc) is 2.98. The van der Waals surface area contributed by atoms with Crippen LogP contribution >= 0.6 is 0 Å². The van der Waals surface area contributed by atoms with Crippen LogP contribution in [0.15, 0.2) is 77.7 Å². The number of carbonyl (C=O) groups is 2. The maximum Gasteiger partial charge on any atom is 0.413 e. The molecule has 0 aliphatic carbocycles. The van der Waals surface area contributed by atoms with E-state index in [-0.39, 0.29) is 35.1 Å². The van der Waals surface area contributed by atoms with Gasteiger partial charge in [0.25, 0.3) is 0 Å². The highest BCUT2D eigenvalue weighted by Crippen LogP contribution is 2.27. The van der Waals surface area contributed by atoms with Crippen molar-refractivity contribution in [1.82, 2.24) is 15.1 Å². The highest BCUT2D eigenvalue weighted by atomic mass is 32.2. The van der Waals surface area contributed by atoms with Gasteiger partial charge in [-0.15, -0.1) is 0 Å². The molecule has 0 spiro atoms. The van der Waals surface area contributed by atoms with Gasteiger partial charge in [0, 0.05) is 37.3 Å². The second-order valence-electron chi connectivity index (χ2n) is 11.7. The van der Waals surface area contributed by atoms with E-state index < -0.39 is 16.1 Å². The normalized spacial score (nSPS) is 14.3. The molecule has 0 aromatic heterocycles. The van der Waals surface area contributed by atoms with Crippen molar-refractivity contribution in [2.45, 2.75) is 50.7 Å². The number of amides is 2. The first kappa shape index (κ1) is 32.8. The molecule has 1 saturated heterocycles. The summed E-state index contributed by atoms with van der Waals surface area (Å²) in [5, 5.41) is 16.4. The van der Waals surface area contributed by atoms with Crippen LogP contribution in [0.4, 0.5) is 4.79 Å². The predicted molar refractivity (Wildman–Crippen MR) is 171 cm³/mol. The minimum atomic E-state index is -3.89. The van der Waals surface area contributed by atoms with Gasteiger partial charge in [0.2, 0.25) is 15.9 Å². The summed E-state index contributed by atoms with van der Waals surface area (Å²) >= 11 is 0. The minimum absolute atomic E-state index is 0.0478. The molecule has 2 amide bonds. The van der Waals surface area contributed by atoms with Crippen molar-refractivity contribution in [3.8, 4) is 11.1 Å². The van der Waals surface area contributed by atoms with Crippen LogP contribution in [0.2, 0.25) is 0 Å². The molecule has 4 N–H and O–H groups in total. The van der Waals surface area contributed by atoms with Crippen molar-refractivity contribution in [2.75, 3.05) is 26.7 Å². The average molecular weight is 620 g/mol. The van der Waals surface area contributed by atoms with Crippen LogP contribution in [0.5, 0.6) is 0 Å². The molecule has 1 fully saturated rings. The third kappa shape index (κ3) is 9.22. The largest absolute Gasteiger partial charge is 0.446 e. The second kappa shape index (κ2) is 14.6. The van der Waals surface area contributed by atoms with Gasteiger partial charge in [0.05, 0.1) is 11.3 Å². The zero-order valence-corrected chi connectivity index (χ0v) is 26.3. The van der Waals surface area contributed by atoms with Crippen LogP contribution in [-0.2, 0) is 32.5 Å². The molecule has 10 nitrogen and oxygen atoms in total. The topological polar surface area (TPSA) is 146 Å². The first-order chi connectivity index (χ1) is 20.9. The number of benzene rings is 3. The third-order valence-electron chi connectivity index (χ3n) is 7.51. The van der Waals surface area contributed by atoms with Crippen LogP contribution in [0.25, 0.3) is 11.1 Å². The summed E-state index contributed by atoms with van der Waals surface area (Å²) in [6.07, 6.45) is 0.913. The summed E-state index contributed by atoms with van der Waals surface area (Å²) in [5.74, 6) is 0.112. The van der Waals surface area contributed by atoms with E-state index in [1.54, 1.807) is 53.4 Å². The minimum Gasteiger partial charge on any atom is -0.446 e. The van der Waals surface area contributed by atoms with Crippen LogP contribution in [0, 0.1) is 11.3 Å². The summed E-state index contributed by atoms with van der Waals surface area (Å²) in [4.78, 5) is 29.9. The van der Waals surface area contributed by atoms with Gasteiger partial charge in [-0.3, -0.25) is 15.5 Å². The molecule has 0 atom stereocenters. The fraction of sp³-hybridized carbons (Fsp3) is 0.364. The van der Waals surface area contributed by atoms with Crippen molar-refractivity contribution < 1.29 is 22.7 Å². The van der Waals surface area contributed by atoms with E-state index in [0.29, 0.717) is 29.8 Å². The number of hydrogen-bond donors (Lipinski definition) is 3. The van der Waals surface area contributed by atoms with Gasteiger partial charge in [-0.1, -0.05) is 74.5 Å². The van der Waals surface area contributed by atoms with E-state index in [4.69, 9.17) is 15.3 Å². The Morgan fingerprint density at radius 3 is 2.36 bits per heavy atom. The number of nitrogens with one attached hydrogen (secondary N) is 2. The van der Waals surface area contributed by atoms with E-state index in [1.807, 2.05) is 39.1 Å². The molecule has 4 rings (SSSR count). The number of nitrogens with zero attached hydrogens (tertiary/aromatic N) is 2. The Morgan fingerprint density at radius 2 is 1.70 bits per heavy atom. The molecule has 1 heterocycles. The Labute approximate surface area is 259 Å². The molecule has 3 aromatic rings. The van der Waals surface area contributed by atoms with Crippen molar-refractivity contribution in [3.63, 3.8) is 0 Å². The maximum absolute atomic E-state index is 13.5. The lowest BCUT2D eigenvalue weighted by atomic mass is 10.0. The molecular weight excluding hydrogens is 578 g/mol. The molecule has 234 valence electrons. The molecule has 44 heavy (non-hydrogen) atoms. The van der Waals surface area contributed by atoms with Crippen LogP contribution in [0.1, 0.15) is 43.4 Å². The molecular formula is C33H41N5O5S. The smallest absolute Gasteiger partial charge is 0.413 e. The highest BCUT2D eigenvalue weighted by Gasteiger charge is 2.22. The summed E-state index contributed by atoms with van der Waals surface area (Å²) in [5.41, 5.74) is 3.34. The molecule has 0 saturated carbocycles. The fourth-order valence-corrected chi connectivity index (χ4v) is 6.00. The highest BCUT2D eigenvalue weighted by molar-refractivity contribution is 7.89. The number of sulfonamides is 1. The summed E-state index contributed by atoms with van der Waals surface area (Å²) in [6.45, 7) is 6.71. The maximum atomic E-state index is 13.5. The van der Waals surface area contributed by atoms with E-state index in [0.717, 1.165) is 37.1 Å². The molecule has 1 aliphatic rings. The van der Waals surface area contributed by atoms with Crippen LogP contribution in [0.3, 0.4) is 0 Å². The first-order valence-corrected chi connectivity index (χ1v) is 16.3. The predicted octanol–water partition coefficient (Wildman–Crippen LogP) is 4.37. The van der Waals surface area contributed by atoms with Crippen molar-refractivity contribution >= 4 is 27.9 Å². The molecule has 0 radical (unpaired) electrons. The Hall–Kier alpha value is -4.06. The van der Waals surface area contributed by atoms with Crippen molar-refractivity contribution in [2.24, 2.45) is 11.1 Å². The number of nitrogens with two attached hydrogens (primary N) is 1. The van der Waals surface area contributed by atoms with Crippen LogP contribution in [-0.4, -0.2) is 68.8 Å². The fourth-order valence-electron chi connectivity index (χ4n) is 5.24. The molecule has 0 bridgehead atoms. The van der Waals surface area contributed by atoms with Gasteiger partial charge < -0.3 is 14.5 Å². The molecule has 11 heteroatoms. The molecule has 1 aliphatic heterocycles. The Balaban J connectivity index is 1.40. The quantitative estimate of drug-likeness (QED) is 0.227. The number of rotatable bonds is 10. The number of likely N-dealkylation sites (tertiary alicyclic amines) is 1. The molecule has 3 aromatic carbocycles. The number of hydrogen-bond acceptors (Lipinski definition) is 7. The number of primary sulfonamides is 1. The molecule has 0 unspecified atom stereocenters. The first-order valence-electron chi connectivity index (χ1n) is 14.7.